The zero-order valence-electron chi connectivity index (χ0n) is 18.9. The van der Waals surface area contributed by atoms with Gasteiger partial charge in [0, 0.05) is 60.1 Å². The predicted molar refractivity (Wildman–Crippen MR) is 133 cm³/mol. The second-order valence-electron chi connectivity index (χ2n) is 8.84. The number of nitrogens with zero attached hydrogens (tertiary/aromatic N) is 2. The van der Waals surface area contributed by atoms with E-state index in [1.165, 1.54) is 5.52 Å². The number of nitrogens with one attached hydrogen (secondary N) is 1. The lowest BCUT2D eigenvalue weighted by Crippen LogP contribution is -2.38. The molecule has 0 bridgehead atoms. The normalized spacial score (nSPS) is 16.0. The SMILES string of the molecule is O=C(Nc1ccc2c(ccn2CCN2CCOCC2)c1)C1c2ccccc2Oc2ccccc21. The number of carbonyl (C=O) groups is 1. The van der Waals surface area contributed by atoms with Crippen molar-refractivity contribution in [3.63, 3.8) is 0 Å². The van der Waals surface area contributed by atoms with Crippen LogP contribution in [0.15, 0.2) is 79.0 Å². The lowest BCUT2D eigenvalue weighted by Gasteiger charge is -2.27. The molecule has 1 saturated heterocycles. The van der Waals surface area contributed by atoms with Gasteiger partial charge in [0.15, 0.2) is 0 Å². The van der Waals surface area contributed by atoms with Gasteiger partial charge < -0.3 is 19.4 Å². The van der Waals surface area contributed by atoms with E-state index in [4.69, 9.17) is 9.47 Å². The summed E-state index contributed by atoms with van der Waals surface area (Å²) in [5, 5.41) is 4.27. The molecule has 2 aliphatic rings. The van der Waals surface area contributed by atoms with E-state index in [1.807, 2.05) is 54.6 Å². The third-order valence-electron chi connectivity index (χ3n) is 6.74. The van der Waals surface area contributed by atoms with E-state index >= 15 is 0 Å². The van der Waals surface area contributed by atoms with E-state index in [1.54, 1.807) is 0 Å². The van der Waals surface area contributed by atoms with Gasteiger partial charge in [-0.3, -0.25) is 9.69 Å². The van der Waals surface area contributed by atoms with Crippen LogP contribution in [0.1, 0.15) is 17.0 Å². The van der Waals surface area contributed by atoms with Crippen LogP contribution < -0.4 is 10.1 Å². The van der Waals surface area contributed by atoms with E-state index in [-0.39, 0.29) is 5.91 Å². The second-order valence-corrected chi connectivity index (χ2v) is 8.84. The minimum Gasteiger partial charge on any atom is -0.457 e. The highest BCUT2D eigenvalue weighted by atomic mass is 16.5. The maximum absolute atomic E-state index is 13.5. The number of anilines is 1. The van der Waals surface area contributed by atoms with Crippen LogP contribution in [0, 0.1) is 0 Å². The van der Waals surface area contributed by atoms with Crippen LogP contribution in [0.5, 0.6) is 11.5 Å². The Balaban J connectivity index is 1.22. The van der Waals surface area contributed by atoms with Gasteiger partial charge in [-0.15, -0.1) is 0 Å². The van der Waals surface area contributed by atoms with Crippen LogP contribution in [0.3, 0.4) is 0 Å². The van der Waals surface area contributed by atoms with Crippen molar-refractivity contribution in [3.05, 3.63) is 90.1 Å². The molecule has 0 atom stereocenters. The minimum absolute atomic E-state index is 0.0608. The molecule has 0 unspecified atom stereocenters. The Morgan fingerprint density at radius 1 is 0.882 bits per heavy atom. The Kier molecular flexibility index (Phi) is 5.53. The first-order chi connectivity index (χ1) is 16.8. The first kappa shape index (κ1) is 21.0. The van der Waals surface area contributed by atoms with Gasteiger partial charge in [0.05, 0.1) is 19.1 Å². The first-order valence-corrected chi connectivity index (χ1v) is 11.8. The molecule has 6 rings (SSSR count). The number of rotatable bonds is 5. The molecule has 34 heavy (non-hydrogen) atoms. The highest BCUT2D eigenvalue weighted by molar-refractivity contribution is 6.00. The van der Waals surface area contributed by atoms with Crippen molar-refractivity contribution in [1.29, 1.82) is 0 Å². The van der Waals surface area contributed by atoms with E-state index in [9.17, 15) is 4.79 Å². The fourth-order valence-electron chi connectivity index (χ4n) is 4.95. The Morgan fingerprint density at radius 2 is 1.59 bits per heavy atom. The molecule has 0 radical (unpaired) electrons. The molecule has 6 nitrogen and oxygen atoms in total. The Labute approximate surface area is 198 Å². The molecule has 4 aromatic rings. The highest BCUT2D eigenvalue weighted by Gasteiger charge is 2.32. The number of benzene rings is 3. The van der Waals surface area contributed by atoms with E-state index < -0.39 is 5.92 Å². The topological polar surface area (TPSA) is 55.7 Å². The average molecular weight is 454 g/mol. The molecule has 1 amide bonds. The zero-order chi connectivity index (χ0) is 22.9. The number of amides is 1. The number of carbonyl (C=O) groups excluding carboxylic acids is 1. The van der Waals surface area contributed by atoms with Crippen LogP contribution in [-0.2, 0) is 16.1 Å². The Morgan fingerprint density at radius 3 is 2.32 bits per heavy atom. The summed E-state index contributed by atoms with van der Waals surface area (Å²) < 4.78 is 13.8. The maximum Gasteiger partial charge on any atom is 0.236 e. The smallest absolute Gasteiger partial charge is 0.236 e. The van der Waals surface area contributed by atoms with Crippen LogP contribution >= 0.6 is 0 Å². The summed E-state index contributed by atoms with van der Waals surface area (Å²) in [5.41, 5.74) is 3.74. The molecule has 0 aliphatic carbocycles. The van der Waals surface area contributed by atoms with Crippen molar-refractivity contribution >= 4 is 22.5 Å². The predicted octanol–water partition coefficient (Wildman–Crippen LogP) is 4.85. The summed E-state index contributed by atoms with van der Waals surface area (Å²) in [5.74, 6) is 0.979. The van der Waals surface area contributed by atoms with Crippen molar-refractivity contribution in [1.82, 2.24) is 9.47 Å². The van der Waals surface area contributed by atoms with Gasteiger partial charge >= 0.3 is 0 Å². The van der Waals surface area contributed by atoms with Crippen molar-refractivity contribution in [3.8, 4) is 11.5 Å². The summed E-state index contributed by atoms with van der Waals surface area (Å²) in [6.07, 6.45) is 2.13. The van der Waals surface area contributed by atoms with Crippen molar-refractivity contribution in [2.24, 2.45) is 0 Å². The molecule has 3 heterocycles. The summed E-state index contributed by atoms with van der Waals surface area (Å²) >= 11 is 0. The number of ether oxygens (including phenoxy) is 2. The van der Waals surface area contributed by atoms with Crippen LogP contribution in [0.25, 0.3) is 10.9 Å². The fourth-order valence-corrected chi connectivity index (χ4v) is 4.95. The molecule has 1 aromatic heterocycles. The molecule has 172 valence electrons. The fraction of sp³-hybridized carbons (Fsp3) is 0.250. The monoisotopic (exact) mass is 453 g/mol. The van der Waals surface area contributed by atoms with Gasteiger partial charge in [0.1, 0.15) is 11.5 Å². The van der Waals surface area contributed by atoms with Gasteiger partial charge in [0.25, 0.3) is 0 Å². The van der Waals surface area contributed by atoms with Gasteiger partial charge in [-0.05, 0) is 36.4 Å². The number of hydrogen-bond acceptors (Lipinski definition) is 4. The molecule has 0 spiro atoms. The number of fused-ring (bicyclic) bond motifs is 3. The largest absolute Gasteiger partial charge is 0.457 e. The average Bonchev–Trinajstić information content (AvgIpc) is 3.28. The molecule has 2 aliphatic heterocycles. The molecular weight excluding hydrogens is 426 g/mol. The molecule has 6 heteroatoms. The van der Waals surface area contributed by atoms with Crippen LogP contribution in [0.4, 0.5) is 5.69 Å². The molecule has 0 saturated carbocycles. The number of hydrogen-bond donors (Lipinski definition) is 1. The van der Waals surface area contributed by atoms with E-state index in [0.717, 1.165) is 73.1 Å². The van der Waals surface area contributed by atoms with Crippen molar-refractivity contribution in [2.45, 2.75) is 12.5 Å². The van der Waals surface area contributed by atoms with Crippen LogP contribution in [-0.4, -0.2) is 48.2 Å². The standard InChI is InChI=1S/C28H27N3O3/c32-28(27-22-5-1-3-7-25(22)34-26-8-4-2-6-23(26)27)29-21-9-10-24-20(19-21)11-12-31(24)14-13-30-15-17-33-18-16-30/h1-12,19,27H,13-18H2,(H,29,32). The summed E-state index contributed by atoms with van der Waals surface area (Å²) in [4.78, 5) is 16.0. The molecule has 3 aromatic carbocycles. The summed E-state index contributed by atoms with van der Waals surface area (Å²) in [6.45, 7) is 5.57. The van der Waals surface area contributed by atoms with Crippen molar-refractivity contribution in [2.75, 3.05) is 38.2 Å². The summed E-state index contributed by atoms with van der Waals surface area (Å²) in [6, 6.07) is 23.8. The Bertz CT molecular complexity index is 1290. The lowest BCUT2D eigenvalue weighted by atomic mass is 9.87. The van der Waals surface area contributed by atoms with Crippen molar-refractivity contribution < 1.29 is 14.3 Å². The molecular formula is C28H27N3O3. The third kappa shape index (κ3) is 3.95. The number of aromatic nitrogens is 1. The number of morpholine rings is 1. The van der Waals surface area contributed by atoms with Gasteiger partial charge in [-0.25, -0.2) is 0 Å². The molecule has 1 fully saturated rings. The minimum atomic E-state index is -0.421. The molecule has 1 N–H and O–H groups in total. The first-order valence-electron chi connectivity index (χ1n) is 11.8. The van der Waals surface area contributed by atoms with Gasteiger partial charge in [0.2, 0.25) is 5.91 Å². The summed E-state index contributed by atoms with van der Waals surface area (Å²) in [7, 11) is 0. The maximum atomic E-state index is 13.5. The Hall–Kier alpha value is -3.61. The van der Waals surface area contributed by atoms with Crippen LogP contribution in [0.2, 0.25) is 0 Å². The number of para-hydroxylation sites is 2. The van der Waals surface area contributed by atoms with E-state index in [2.05, 4.69) is 39.2 Å². The zero-order valence-corrected chi connectivity index (χ0v) is 18.9. The second kappa shape index (κ2) is 8.97. The highest BCUT2D eigenvalue weighted by Crippen LogP contribution is 2.44. The third-order valence-corrected chi connectivity index (χ3v) is 6.74. The quantitative estimate of drug-likeness (QED) is 0.469. The lowest BCUT2D eigenvalue weighted by molar-refractivity contribution is -0.116. The van der Waals surface area contributed by atoms with E-state index in [0.29, 0.717) is 0 Å². The van der Waals surface area contributed by atoms with Gasteiger partial charge in [-0.1, -0.05) is 36.4 Å². The van der Waals surface area contributed by atoms with Gasteiger partial charge in [-0.2, -0.15) is 0 Å².